The summed E-state index contributed by atoms with van der Waals surface area (Å²) in [7, 11) is 0. The van der Waals surface area contributed by atoms with Crippen LogP contribution in [-0.4, -0.2) is 14.8 Å². The molecule has 26 heavy (non-hydrogen) atoms. The zero-order chi connectivity index (χ0) is 17.7. The van der Waals surface area contributed by atoms with E-state index in [0.717, 1.165) is 12.8 Å². The molecule has 0 aliphatic carbocycles. The molecule has 0 unspecified atom stereocenters. The number of nitrogens with zero attached hydrogens (tertiary/aromatic N) is 1. The first kappa shape index (κ1) is 15.0. The first-order valence-corrected chi connectivity index (χ1v) is 8.75. The Kier molecular flexibility index (Phi) is 3.22. The van der Waals surface area contributed by atoms with Gasteiger partial charge in [0.25, 0.3) is 0 Å². The molecule has 0 atom stereocenters. The maximum atomic E-state index is 11.6. The Labute approximate surface area is 148 Å². The van der Waals surface area contributed by atoms with Gasteiger partial charge in [-0.1, -0.05) is 54.6 Å². The third-order valence-electron chi connectivity index (χ3n) is 5.19. The smallest absolute Gasteiger partial charge is 0.247 e. The molecule has 0 spiro atoms. The number of aromatic amines is 2. The number of benzene rings is 4. The fourth-order valence-corrected chi connectivity index (χ4v) is 4.01. The lowest BCUT2D eigenvalue weighted by atomic mass is 9.90. The molecule has 1 heterocycles. The van der Waals surface area contributed by atoms with Crippen LogP contribution in [0.25, 0.3) is 32.3 Å². The molecule has 1 aromatic heterocycles. The number of hydrogen-bond acceptors (Lipinski definition) is 2. The van der Waals surface area contributed by atoms with Gasteiger partial charge in [0.05, 0.1) is 0 Å². The van der Waals surface area contributed by atoms with Crippen LogP contribution >= 0.6 is 0 Å². The standard InChI is InChI=1S/C21H17N3O2/c25-20-22-23-21(26)24(20)11-3-7-15-12-16-6-1-4-13-9-10-14-5-2-8-17(15)19(14)18(13)16/h1-2,4-6,8-10,12H,3,7,11H2,(H,22,25)(H,23,26). The van der Waals surface area contributed by atoms with Gasteiger partial charge in [-0.05, 0) is 50.7 Å². The van der Waals surface area contributed by atoms with E-state index < -0.39 is 0 Å². The van der Waals surface area contributed by atoms with Crippen molar-refractivity contribution >= 4 is 32.3 Å². The van der Waals surface area contributed by atoms with Crippen LogP contribution < -0.4 is 11.4 Å². The maximum absolute atomic E-state index is 11.6. The van der Waals surface area contributed by atoms with Crippen molar-refractivity contribution in [3.05, 3.63) is 81.1 Å². The molecule has 4 aromatic carbocycles. The molecule has 0 amide bonds. The number of rotatable bonds is 4. The molecule has 0 bridgehead atoms. The van der Waals surface area contributed by atoms with E-state index in [4.69, 9.17) is 0 Å². The fraction of sp³-hybridized carbons (Fsp3) is 0.143. The van der Waals surface area contributed by atoms with Crippen LogP contribution in [0, 0.1) is 0 Å². The SMILES string of the molecule is O=c1[nH][nH]c(=O)n1CCCc1cc2cccc3ccc4cccc1c4c32. The first-order valence-electron chi connectivity index (χ1n) is 8.75. The molecule has 0 aliphatic rings. The topological polar surface area (TPSA) is 70.7 Å². The van der Waals surface area contributed by atoms with Crippen molar-refractivity contribution in [1.29, 1.82) is 0 Å². The minimum absolute atomic E-state index is 0.384. The Balaban J connectivity index is 1.61. The van der Waals surface area contributed by atoms with Crippen molar-refractivity contribution in [2.75, 3.05) is 0 Å². The summed E-state index contributed by atoms with van der Waals surface area (Å²) < 4.78 is 1.21. The van der Waals surface area contributed by atoms with Gasteiger partial charge in [-0.3, -0.25) is 0 Å². The van der Waals surface area contributed by atoms with Gasteiger partial charge in [0.1, 0.15) is 0 Å². The highest BCUT2D eigenvalue weighted by molar-refractivity contribution is 6.23. The summed E-state index contributed by atoms with van der Waals surface area (Å²) in [5.74, 6) is 0. The zero-order valence-electron chi connectivity index (χ0n) is 14.1. The van der Waals surface area contributed by atoms with Gasteiger partial charge in [-0.25, -0.2) is 24.4 Å². The quantitative estimate of drug-likeness (QED) is 0.491. The minimum atomic E-state index is -0.384. The largest absolute Gasteiger partial charge is 0.344 e. The molecular formula is C21H17N3O2. The van der Waals surface area contributed by atoms with Crippen LogP contribution in [-0.2, 0) is 13.0 Å². The second-order valence-corrected chi connectivity index (χ2v) is 6.70. The van der Waals surface area contributed by atoms with Gasteiger partial charge in [0.2, 0.25) is 0 Å². The molecular weight excluding hydrogens is 326 g/mol. The van der Waals surface area contributed by atoms with Gasteiger partial charge in [-0.2, -0.15) is 0 Å². The van der Waals surface area contributed by atoms with E-state index in [0.29, 0.717) is 6.54 Å². The lowest BCUT2D eigenvalue weighted by molar-refractivity contribution is 0.608. The predicted octanol–water partition coefficient (Wildman–Crippen LogP) is 3.39. The van der Waals surface area contributed by atoms with Crippen LogP contribution in [0.2, 0.25) is 0 Å². The van der Waals surface area contributed by atoms with Crippen molar-refractivity contribution in [2.45, 2.75) is 19.4 Å². The molecule has 5 aromatic rings. The summed E-state index contributed by atoms with van der Waals surface area (Å²) in [6.07, 6.45) is 1.53. The van der Waals surface area contributed by atoms with E-state index in [1.165, 1.54) is 42.4 Å². The van der Waals surface area contributed by atoms with Gasteiger partial charge in [0.15, 0.2) is 0 Å². The normalized spacial score (nSPS) is 11.8. The van der Waals surface area contributed by atoms with Crippen LogP contribution in [0.15, 0.2) is 64.2 Å². The Morgan fingerprint density at radius 2 is 1.42 bits per heavy atom. The maximum Gasteiger partial charge on any atom is 0.344 e. The third kappa shape index (κ3) is 2.17. The van der Waals surface area contributed by atoms with E-state index in [2.05, 4.69) is 64.8 Å². The summed E-state index contributed by atoms with van der Waals surface area (Å²) in [4.78, 5) is 23.3. The van der Waals surface area contributed by atoms with Crippen molar-refractivity contribution < 1.29 is 0 Å². The molecule has 5 heteroatoms. The van der Waals surface area contributed by atoms with Crippen LogP contribution in [0.3, 0.4) is 0 Å². The molecule has 0 aliphatic heterocycles. The van der Waals surface area contributed by atoms with Crippen molar-refractivity contribution in [3.63, 3.8) is 0 Å². The van der Waals surface area contributed by atoms with Crippen molar-refractivity contribution in [1.82, 2.24) is 14.8 Å². The third-order valence-corrected chi connectivity index (χ3v) is 5.19. The van der Waals surface area contributed by atoms with E-state index >= 15 is 0 Å². The average Bonchev–Trinajstić information content (AvgIpc) is 2.98. The molecule has 0 radical (unpaired) electrons. The van der Waals surface area contributed by atoms with Gasteiger partial charge in [-0.15, -0.1) is 0 Å². The van der Waals surface area contributed by atoms with Crippen LogP contribution in [0.4, 0.5) is 0 Å². The molecule has 2 N–H and O–H groups in total. The summed E-state index contributed by atoms with van der Waals surface area (Å²) in [6, 6.07) is 19.4. The zero-order valence-corrected chi connectivity index (χ0v) is 14.1. The fourth-order valence-electron chi connectivity index (χ4n) is 4.01. The van der Waals surface area contributed by atoms with Gasteiger partial charge >= 0.3 is 11.4 Å². The van der Waals surface area contributed by atoms with Gasteiger partial charge in [0, 0.05) is 6.54 Å². The van der Waals surface area contributed by atoms with Gasteiger partial charge < -0.3 is 0 Å². The molecule has 5 nitrogen and oxygen atoms in total. The van der Waals surface area contributed by atoms with Crippen LogP contribution in [0.5, 0.6) is 0 Å². The Morgan fingerprint density at radius 1 is 0.769 bits per heavy atom. The number of aryl methyl sites for hydroxylation is 1. The monoisotopic (exact) mass is 343 g/mol. The predicted molar refractivity (Wildman–Crippen MR) is 104 cm³/mol. The van der Waals surface area contributed by atoms with E-state index in [9.17, 15) is 9.59 Å². The number of hydrogen-bond donors (Lipinski definition) is 2. The molecule has 0 saturated carbocycles. The Hall–Kier alpha value is -3.34. The van der Waals surface area contributed by atoms with Crippen molar-refractivity contribution in [3.8, 4) is 0 Å². The highest BCUT2D eigenvalue weighted by atomic mass is 16.2. The molecule has 128 valence electrons. The average molecular weight is 343 g/mol. The summed E-state index contributed by atoms with van der Waals surface area (Å²) in [5.41, 5.74) is 0.483. The van der Waals surface area contributed by atoms with E-state index in [1.54, 1.807) is 0 Å². The molecule has 0 fully saturated rings. The summed E-state index contributed by atoms with van der Waals surface area (Å²) in [5, 5.41) is 12.2. The summed E-state index contributed by atoms with van der Waals surface area (Å²) in [6.45, 7) is 0.400. The van der Waals surface area contributed by atoms with Crippen molar-refractivity contribution in [2.24, 2.45) is 0 Å². The Morgan fingerprint density at radius 3 is 2.19 bits per heavy atom. The molecule has 5 rings (SSSR count). The number of aromatic nitrogens is 3. The second-order valence-electron chi connectivity index (χ2n) is 6.70. The number of H-pyrrole nitrogens is 2. The second kappa shape index (κ2) is 5.59. The lowest BCUT2D eigenvalue weighted by Gasteiger charge is -2.14. The first-order chi connectivity index (χ1) is 12.7. The van der Waals surface area contributed by atoms with E-state index in [-0.39, 0.29) is 11.4 Å². The lowest BCUT2D eigenvalue weighted by Crippen LogP contribution is -2.26. The molecule has 0 saturated heterocycles. The van der Waals surface area contributed by atoms with E-state index in [1.807, 2.05) is 0 Å². The highest BCUT2D eigenvalue weighted by Gasteiger charge is 2.11. The highest BCUT2D eigenvalue weighted by Crippen LogP contribution is 2.36. The Bertz CT molecular complexity index is 1330. The summed E-state index contributed by atoms with van der Waals surface area (Å²) >= 11 is 0. The minimum Gasteiger partial charge on any atom is -0.247 e. The van der Waals surface area contributed by atoms with Crippen LogP contribution in [0.1, 0.15) is 12.0 Å². The number of nitrogens with one attached hydrogen (secondary N) is 2.